The average Bonchev–Trinajstić information content (AvgIpc) is 2.90. The van der Waals surface area contributed by atoms with Crippen LogP contribution in [0.15, 0.2) is 11.4 Å². The number of nitrogens with zero attached hydrogens (tertiary/aromatic N) is 1. The first kappa shape index (κ1) is 14.4. The summed E-state index contributed by atoms with van der Waals surface area (Å²) in [5, 5.41) is 1.11. The van der Waals surface area contributed by atoms with Crippen LogP contribution in [0.5, 0.6) is 0 Å². The van der Waals surface area contributed by atoms with Crippen molar-refractivity contribution in [2.75, 3.05) is 6.61 Å². The largest absolute Gasteiger partial charge is 0.461 e. The van der Waals surface area contributed by atoms with Crippen LogP contribution in [0.2, 0.25) is 0 Å². The molecule has 106 valence electrons. The number of ether oxygens (including phenoxy) is 1. The molecule has 2 rings (SSSR count). The third-order valence-corrected chi connectivity index (χ3v) is 3.20. The lowest BCUT2D eigenvalue weighted by Crippen LogP contribution is -2.05. The van der Waals surface area contributed by atoms with Crippen molar-refractivity contribution < 1.29 is 27.1 Å². The van der Waals surface area contributed by atoms with Crippen molar-refractivity contribution in [3.8, 4) is 10.6 Å². The van der Waals surface area contributed by atoms with E-state index in [0.717, 1.165) is 11.3 Å². The maximum atomic E-state index is 13.6. The number of aromatic nitrogens is 1. The molecule has 20 heavy (non-hydrogen) atoms. The van der Waals surface area contributed by atoms with Crippen molar-refractivity contribution in [3.05, 3.63) is 40.4 Å². The van der Waals surface area contributed by atoms with E-state index in [1.54, 1.807) is 6.92 Å². The summed E-state index contributed by atoms with van der Waals surface area (Å²) < 4.78 is 57.3. The van der Waals surface area contributed by atoms with Crippen LogP contribution < -0.4 is 0 Å². The zero-order valence-electron chi connectivity index (χ0n) is 10.0. The smallest absolute Gasteiger partial charge is 0.357 e. The van der Waals surface area contributed by atoms with Gasteiger partial charge < -0.3 is 4.74 Å². The summed E-state index contributed by atoms with van der Waals surface area (Å²) in [6, 6.07) is 0.488. The average molecular weight is 305 g/mol. The summed E-state index contributed by atoms with van der Waals surface area (Å²) in [6.45, 7) is 1.72. The summed E-state index contributed by atoms with van der Waals surface area (Å²) in [5.74, 6) is -7.65. The van der Waals surface area contributed by atoms with E-state index in [0.29, 0.717) is 6.07 Å². The molecule has 0 atom stereocenters. The molecule has 0 aliphatic heterocycles. The van der Waals surface area contributed by atoms with E-state index in [9.17, 15) is 22.4 Å². The third kappa shape index (κ3) is 2.51. The minimum atomic E-state index is -1.92. The van der Waals surface area contributed by atoms with Gasteiger partial charge in [-0.3, -0.25) is 0 Å². The molecule has 0 saturated carbocycles. The maximum Gasteiger partial charge on any atom is 0.357 e. The van der Waals surface area contributed by atoms with Gasteiger partial charge >= 0.3 is 5.97 Å². The van der Waals surface area contributed by atoms with Crippen LogP contribution in [0.3, 0.4) is 0 Å². The van der Waals surface area contributed by atoms with Crippen LogP contribution in [0, 0.1) is 23.3 Å². The SMILES string of the molecule is CCOC(=O)c1csc(-c2cc(F)c(F)c(F)c2F)n1. The van der Waals surface area contributed by atoms with Gasteiger partial charge in [0.05, 0.1) is 12.2 Å². The zero-order valence-corrected chi connectivity index (χ0v) is 10.9. The maximum absolute atomic E-state index is 13.6. The van der Waals surface area contributed by atoms with Crippen LogP contribution in [-0.4, -0.2) is 17.6 Å². The Kier molecular flexibility index (Phi) is 4.03. The van der Waals surface area contributed by atoms with Crippen molar-refractivity contribution in [2.45, 2.75) is 6.92 Å². The molecule has 3 nitrogen and oxygen atoms in total. The first-order valence-corrected chi connectivity index (χ1v) is 6.29. The van der Waals surface area contributed by atoms with Crippen molar-refractivity contribution in [1.29, 1.82) is 0 Å². The normalized spacial score (nSPS) is 10.7. The van der Waals surface area contributed by atoms with Gasteiger partial charge in [-0.25, -0.2) is 27.3 Å². The van der Waals surface area contributed by atoms with Crippen LogP contribution >= 0.6 is 11.3 Å². The second-order valence-electron chi connectivity index (χ2n) is 3.61. The number of rotatable bonds is 3. The predicted molar refractivity (Wildman–Crippen MR) is 63.3 cm³/mol. The van der Waals surface area contributed by atoms with Crippen LogP contribution in [-0.2, 0) is 4.74 Å². The fraction of sp³-hybridized carbons (Fsp3) is 0.167. The summed E-state index contributed by atoms with van der Waals surface area (Å²) >= 11 is 0.787. The van der Waals surface area contributed by atoms with Gasteiger partial charge in [-0.05, 0) is 13.0 Å². The number of halogens is 4. The van der Waals surface area contributed by atoms with E-state index in [1.165, 1.54) is 5.38 Å². The quantitative estimate of drug-likeness (QED) is 0.377. The topological polar surface area (TPSA) is 39.2 Å². The third-order valence-electron chi connectivity index (χ3n) is 2.32. The molecule has 0 bridgehead atoms. The molecule has 0 aliphatic carbocycles. The standard InChI is InChI=1S/C12H7F4NO2S/c1-2-19-12(18)7-4-20-11(17-7)5-3-6(13)9(15)10(16)8(5)14/h3-4H,2H2,1H3. The molecule has 0 N–H and O–H groups in total. The Balaban J connectivity index is 2.45. The number of esters is 1. The Morgan fingerprint density at radius 1 is 1.25 bits per heavy atom. The molecule has 1 heterocycles. The lowest BCUT2D eigenvalue weighted by Gasteiger charge is -2.02. The predicted octanol–water partition coefficient (Wildman–Crippen LogP) is 3.54. The first-order chi connectivity index (χ1) is 9.45. The van der Waals surface area contributed by atoms with Crippen molar-refractivity contribution in [3.63, 3.8) is 0 Å². The fourth-order valence-corrected chi connectivity index (χ4v) is 2.22. The summed E-state index contributed by atoms with van der Waals surface area (Å²) in [4.78, 5) is 15.1. The van der Waals surface area contributed by atoms with Crippen molar-refractivity contribution in [1.82, 2.24) is 4.98 Å². The monoisotopic (exact) mass is 305 g/mol. The Hall–Kier alpha value is -1.96. The Morgan fingerprint density at radius 3 is 2.60 bits per heavy atom. The molecule has 1 aromatic heterocycles. The van der Waals surface area contributed by atoms with Gasteiger partial charge in [-0.2, -0.15) is 0 Å². The van der Waals surface area contributed by atoms with Gasteiger partial charge in [0.1, 0.15) is 5.01 Å². The lowest BCUT2D eigenvalue weighted by atomic mass is 10.2. The zero-order chi connectivity index (χ0) is 14.9. The minimum Gasteiger partial charge on any atom is -0.461 e. The molecule has 0 radical (unpaired) electrons. The highest BCUT2D eigenvalue weighted by molar-refractivity contribution is 7.13. The Labute approximate surface area is 114 Å². The van der Waals surface area contributed by atoms with E-state index >= 15 is 0 Å². The molecule has 0 aliphatic rings. The van der Waals surface area contributed by atoms with E-state index in [4.69, 9.17) is 0 Å². The highest BCUT2D eigenvalue weighted by Crippen LogP contribution is 2.30. The molecule has 2 aromatic rings. The number of hydrogen-bond donors (Lipinski definition) is 0. The fourth-order valence-electron chi connectivity index (χ4n) is 1.42. The van der Waals surface area contributed by atoms with Gasteiger partial charge in [0.15, 0.2) is 29.0 Å². The molecule has 0 unspecified atom stereocenters. The van der Waals surface area contributed by atoms with Crippen LogP contribution in [0.4, 0.5) is 17.6 Å². The highest BCUT2D eigenvalue weighted by atomic mass is 32.1. The second-order valence-corrected chi connectivity index (χ2v) is 4.46. The number of carbonyl (C=O) groups is 1. The summed E-state index contributed by atoms with van der Waals surface area (Å²) in [5.41, 5.74) is -0.668. The molecular weight excluding hydrogens is 298 g/mol. The van der Waals surface area contributed by atoms with Gasteiger partial charge in [-0.1, -0.05) is 0 Å². The molecule has 0 amide bonds. The Bertz CT molecular complexity index is 672. The number of benzene rings is 1. The van der Waals surface area contributed by atoms with Gasteiger partial charge in [-0.15, -0.1) is 11.3 Å². The molecule has 0 fully saturated rings. The molecular formula is C12H7F4NO2S. The molecule has 8 heteroatoms. The molecule has 1 aromatic carbocycles. The number of hydrogen-bond acceptors (Lipinski definition) is 4. The number of carbonyl (C=O) groups excluding carboxylic acids is 1. The minimum absolute atomic E-state index is 0.114. The van der Waals surface area contributed by atoms with Crippen molar-refractivity contribution >= 4 is 17.3 Å². The van der Waals surface area contributed by atoms with Crippen LogP contribution in [0.25, 0.3) is 10.6 Å². The Morgan fingerprint density at radius 2 is 1.95 bits per heavy atom. The van der Waals surface area contributed by atoms with Crippen molar-refractivity contribution in [2.24, 2.45) is 0 Å². The molecule has 0 saturated heterocycles. The van der Waals surface area contributed by atoms with E-state index < -0.39 is 34.8 Å². The van der Waals surface area contributed by atoms with E-state index in [1.807, 2.05) is 0 Å². The molecule has 0 spiro atoms. The van der Waals surface area contributed by atoms with Gasteiger partial charge in [0.2, 0.25) is 0 Å². The van der Waals surface area contributed by atoms with E-state index in [-0.39, 0.29) is 17.3 Å². The number of thiazole rings is 1. The first-order valence-electron chi connectivity index (χ1n) is 5.41. The van der Waals surface area contributed by atoms with E-state index in [2.05, 4.69) is 9.72 Å². The van der Waals surface area contributed by atoms with Gasteiger partial charge in [0.25, 0.3) is 0 Å². The summed E-state index contributed by atoms with van der Waals surface area (Å²) in [6.07, 6.45) is 0. The highest BCUT2D eigenvalue weighted by Gasteiger charge is 2.22. The summed E-state index contributed by atoms with van der Waals surface area (Å²) in [7, 11) is 0. The van der Waals surface area contributed by atoms with Crippen LogP contribution in [0.1, 0.15) is 17.4 Å². The van der Waals surface area contributed by atoms with Gasteiger partial charge in [0, 0.05) is 5.38 Å². The lowest BCUT2D eigenvalue weighted by molar-refractivity contribution is 0.0520. The second kappa shape index (κ2) is 5.58.